The molecule has 0 spiro atoms. The molecule has 0 aliphatic rings. The number of benzene rings is 1. The number of para-hydroxylation sites is 1. The molecule has 0 saturated carbocycles. The summed E-state index contributed by atoms with van der Waals surface area (Å²) in [5.74, 6) is 0.966. The van der Waals surface area contributed by atoms with Gasteiger partial charge in [-0.05, 0) is 26.8 Å². The zero-order valence-corrected chi connectivity index (χ0v) is 11.9. The molecule has 2 heteroatoms. The van der Waals surface area contributed by atoms with E-state index >= 15 is 0 Å². The van der Waals surface area contributed by atoms with E-state index in [0.29, 0.717) is 0 Å². The van der Waals surface area contributed by atoms with E-state index in [0.717, 1.165) is 12.3 Å². The van der Waals surface area contributed by atoms with E-state index in [2.05, 4.69) is 52.1 Å². The molecule has 0 bridgehead atoms. The normalized spacial score (nSPS) is 12.6. The fraction of sp³-hybridized carbons (Fsp3) is 0.600. The Kier molecular flexibility index (Phi) is 4.21. The third-order valence-corrected chi connectivity index (χ3v) is 2.90. The molecule has 2 nitrogen and oxygen atoms in total. The van der Waals surface area contributed by atoms with Crippen LogP contribution >= 0.6 is 0 Å². The van der Waals surface area contributed by atoms with Gasteiger partial charge in [0, 0.05) is 23.1 Å². The zero-order valence-electron chi connectivity index (χ0n) is 11.9. The van der Waals surface area contributed by atoms with Gasteiger partial charge in [-0.25, -0.2) is 0 Å². The van der Waals surface area contributed by atoms with Crippen LogP contribution in [0.4, 0.5) is 0 Å². The molecule has 0 amide bonds. The van der Waals surface area contributed by atoms with E-state index in [4.69, 9.17) is 4.74 Å². The van der Waals surface area contributed by atoms with E-state index in [9.17, 15) is 0 Å². The Labute approximate surface area is 105 Å². The van der Waals surface area contributed by atoms with Crippen LogP contribution in [0.2, 0.25) is 0 Å². The molecule has 0 aromatic heterocycles. The van der Waals surface area contributed by atoms with Crippen LogP contribution in [0.25, 0.3) is 0 Å². The quantitative estimate of drug-likeness (QED) is 0.864. The Bertz CT molecular complexity index is 363. The topological polar surface area (TPSA) is 21.3 Å². The van der Waals surface area contributed by atoms with Crippen molar-refractivity contribution in [2.24, 2.45) is 0 Å². The van der Waals surface area contributed by atoms with E-state index < -0.39 is 0 Å². The van der Waals surface area contributed by atoms with Crippen LogP contribution in [0.3, 0.4) is 0 Å². The van der Waals surface area contributed by atoms with Gasteiger partial charge < -0.3 is 10.1 Å². The average molecular weight is 235 g/mol. The molecule has 0 unspecified atom stereocenters. The van der Waals surface area contributed by atoms with Crippen molar-refractivity contribution in [3.63, 3.8) is 0 Å². The highest BCUT2D eigenvalue weighted by molar-refractivity contribution is 5.39. The maximum atomic E-state index is 5.44. The van der Waals surface area contributed by atoms with Crippen molar-refractivity contribution in [3.8, 4) is 5.75 Å². The number of hydrogen-bond acceptors (Lipinski definition) is 2. The summed E-state index contributed by atoms with van der Waals surface area (Å²) < 4.78 is 5.44. The van der Waals surface area contributed by atoms with Gasteiger partial charge in [0.2, 0.25) is 0 Å². The lowest BCUT2D eigenvalue weighted by molar-refractivity contribution is 0.347. The lowest BCUT2D eigenvalue weighted by atomic mass is 9.83. The average Bonchev–Trinajstić information content (AvgIpc) is 2.26. The highest BCUT2D eigenvalue weighted by Crippen LogP contribution is 2.31. The highest BCUT2D eigenvalue weighted by Gasteiger charge is 2.25. The van der Waals surface area contributed by atoms with Crippen LogP contribution in [-0.4, -0.2) is 19.2 Å². The van der Waals surface area contributed by atoms with Crippen LogP contribution in [0.15, 0.2) is 24.3 Å². The van der Waals surface area contributed by atoms with E-state index in [1.807, 2.05) is 12.1 Å². The molecule has 0 aliphatic carbocycles. The summed E-state index contributed by atoms with van der Waals surface area (Å²) in [6.45, 7) is 12.0. The van der Waals surface area contributed by atoms with E-state index in [1.165, 1.54) is 5.56 Å². The molecule has 96 valence electrons. The predicted molar refractivity (Wildman–Crippen MR) is 73.8 cm³/mol. The first-order valence-corrected chi connectivity index (χ1v) is 6.15. The lowest BCUT2D eigenvalue weighted by Gasteiger charge is -2.31. The molecule has 0 saturated heterocycles. The Morgan fingerprint density at radius 3 is 2.18 bits per heavy atom. The molecule has 1 rings (SSSR count). The maximum Gasteiger partial charge on any atom is 0.122 e. The molecule has 1 aromatic carbocycles. The first-order chi connectivity index (χ1) is 7.76. The second kappa shape index (κ2) is 5.09. The first kappa shape index (κ1) is 14.0. The fourth-order valence-corrected chi connectivity index (χ4v) is 1.79. The number of hydrogen-bond donors (Lipinski definition) is 1. The van der Waals surface area contributed by atoms with Gasteiger partial charge >= 0.3 is 0 Å². The van der Waals surface area contributed by atoms with Crippen LogP contribution < -0.4 is 10.1 Å². The summed E-state index contributed by atoms with van der Waals surface area (Å²) in [6, 6.07) is 8.24. The predicted octanol–water partition coefficient (Wildman–Crippen LogP) is 3.36. The first-order valence-electron chi connectivity index (χ1n) is 6.15. The van der Waals surface area contributed by atoms with Crippen molar-refractivity contribution in [1.82, 2.24) is 5.32 Å². The van der Waals surface area contributed by atoms with Gasteiger partial charge in [0.1, 0.15) is 5.75 Å². The zero-order chi connectivity index (χ0) is 13.1. The fourth-order valence-electron chi connectivity index (χ4n) is 1.79. The Morgan fingerprint density at radius 2 is 1.65 bits per heavy atom. The summed E-state index contributed by atoms with van der Waals surface area (Å²) in [5.41, 5.74) is 1.44. The summed E-state index contributed by atoms with van der Waals surface area (Å²) in [4.78, 5) is 0. The minimum atomic E-state index is 0.0554. The summed E-state index contributed by atoms with van der Waals surface area (Å²) >= 11 is 0. The monoisotopic (exact) mass is 235 g/mol. The summed E-state index contributed by atoms with van der Waals surface area (Å²) in [6.07, 6.45) is 0. The van der Waals surface area contributed by atoms with Crippen molar-refractivity contribution in [3.05, 3.63) is 29.8 Å². The SMILES string of the molecule is COc1ccccc1C(C)(C)CNC(C)(C)C. The molecule has 0 fully saturated rings. The molecular weight excluding hydrogens is 210 g/mol. The van der Waals surface area contributed by atoms with E-state index in [-0.39, 0.29) is 11.0 Å². The van der Waals surface area contributed by atoms with Crippen LogP contribution in [0.5, 0.6) is 5.75 Å². The molecule has 1 N–H and O–H groups in total. The number of nitrogens with one attached hydrogen (secondary N) is 1. The van der Waals surface area contributed by atoms with Gasteiger partial charge in [0.05, 0.1) is 7.11 Å². The van der Waals surface area contributed by atoms with Gasteiger partial charge in [0.15, 0.2) is 0 Å². The van der Waals surface area contributed by atoms with Gasteiger partial charge in [-0.2, -0.15) is 0 Å². The van der Waals surface area contributed by atoms with Crippen LogP contribution in [-0.2, 0) is 5.41 Å². The van der Waals surface area contributed by atoms with E-state index in [1.54, 1.807) is 7.11 Å². The van der Waals surface area contributed by atoms with Crippen LogP contribution in [0.1, 0.15) is 40.2 Å². The minimum absolute atomic E-state index is 0.0554. The molecule has 0 aliphatic heterocycles. The number of rotatable bonds is 4. The van der Waals surface area contributed by atoms with Crippen LogP contribution in [0, 0.1) is 0 Å². The standard InChI is InChI=1S/C15H25NO/c1-14(2,3)16-11-15(4,5)12-9-7-8-10-13(12)17-6/h7-10,16H,11H2,1-6H3. The lowest BCUT2D eigenvalue weighted by Crippen LogP contribution is -2.43. The van der Waals surface area contributed by atoms with Gasteiger partial charge in [0.25, 0.3) is 0 Å². The molecular formula is C15H25NO. The Hall–Kier alpha value is -1.02. The van der Waals surface area contributed by atoms with Gasteiger partial charge in [-0.1, -0.05) is 32.0 Å². The summed E-state index contributed by atoms with van der Waals surface area (Å²) in [5, 5.41) is 3.56. The largest absolute Gasteiger partial charge is 0.496 e. The van der Waals surface area contributed by atoms with Crippen molar-refractivity contribution >= 4 is 0 Å². The number of ether oxygens (including phenoxy) is 1. The highest BCUT2D eigenvalue weighted by atomic mass is 16.5. The Morgan fingerprint density at radius 1 is 1.06 bits per heavy atom. The third-order valence-electron chi connectivity index (χ3n) is 2.90. The second-order valence-corrected chi connectivity index (χ2v) is 6.19. The minimum Gasteiger partial charge on any atom is -0.496 e. The smallest absolute Gasteiger partial charge is 0.122 e. The number of methoxy groups -OCH3 is 1. The molecule has 1 aromatic rings. The van der Waals surface area contributed by atoms with Crippen molar-refractivity contribution in [2.45, 2.75) is 45.6 Å². The maximum absolute atomic E-state index is 5.44. The second-order valence-electron chi connectivity index (χ2n) is 6.19. The van der Waals surface area contributed by atoms with Gasteiger partial charge in [-0.3, -0.25) is 0 Å². The Balaban J connectivity index is 2.88. The third kappa shape index (κ3) is 4.04. The van der Waals surface area contributed by atoms with Crippen molar-refractivity contribution < 1.29 is 4.74 Å². The molecule has 17 heavy (non-hydrogen) atoms. The summed E-state index contributed by atoms with van der Waals surface area (Å²) in [7, 11) is 1.73. The molecule has 0 heterocycles. The molecule has 0 radical (unpaired) electrons. The van der Waals surface area contributed by atoms with Crippen molar-refractivity contribution in [2.75, 3.05) is 13.7 Å². The molecule has 0 atom stereocenters. The van der Waals surface area contributed by atoms with Gasteiger partial charge in [-0.15, -0.1) is 0 Å². The van der Waals surface area contributed by atoms with Crippen molar-refractivity contribution in [1.29, 1.82) is 0 Å².